The van der Waals surface area contributed by atoms with E-state index in [1.807, 2.05) is 6.07 Å². The molecule has 0 aromatic heterocycles. The van der Waals surface area contributed by atoms with Gasteiger partial charge in [-0.1, -0.05) is 0 Å². The van der Waals surface area contributed by atoms with Gasteiger partial charge in [0.05, 0.1) is 17.7 Å². The normalized spacial score (nSPS) is 12.1. The van der Waals surface area contributed by atoms with Crippen molar-refractivity contribution >= 4 is 0 Å². The van der Waals surface area contributed by atoms with E-state index in [2.05, 4.69) is 5.32 Å². The Hall–Kier alpha value is -1.44. The predicted molar refractivity (Wildman–Crippen MR) is 50.0 cm³/mol. The maximum Gasteiger partial charge on any atom is 0.123 e. The number of hydrogen-bond donors (Lipinski definition) is 2. The number of rotatable bonds is 3. The summed E-state index contributed by atoms with van der Waals surface area (Å²) >= 11 is 0. The van der Waals surface area contributed by atoms with Crippen molar-refractivity contribution in [3.63, 3.8) is 0 Å². The molecule has 4 heteroatoms. The zero-order chi connectivity index (χ0) is 10.6. The summed E-state index contributed by atoms with van der Waals surface area (Å²) in [4.78, 5) is 0. The zero-order valence-corrected chi connectivity index (χ0v) is 7.79. The lowest BCUT2D eigenvalue weighted by Crippen LogP contribution is -2.17. The molecule has 0 heterocycles. The van der Waals surface area contributed by atoms with E-state index < -0.39 is 11.9 Å². The van der Waals surface area contributed by atoms with Crippen LogP contribution >= 0.6 is 0 Å². The van der Waals surface area contributed by atoms with Crippen molar-refractivity contribution in [2.24, 2.45) is 0 Å². The first-order valence-electron chi connectivity index (χ1n) is 4.21. The van der Waals surface area contributed by atoms with Gasteiger partial charge in [-0.05, 0) is 25.2 Å². The molecule has 0 fully saturated rings. The van der Waals surface area contributed by atoms with E-state index in [1.165, 1.54) is 18.2 Å². The van der Waals surface area contributed by atoms with Gasteiger partial charge in [0.15, 0.2) is 0 Å². The molecule has 1 atom stereocenters. The fourth-order valence-corrected chi connectivity index (χ4v) is 1.21. The number of likely N-dealkylation sites (N-methyl/N-ethyl adjacent to an activating group) is 1. The number of halogens is 1. The van der Waals surface area contributed by atoms with Gasteiger partial charge in [-0.2, -0.15) is 5.26 Å². The minimum absolute atomic E-state index is 0.290. The predicted octanol–water partition coefficient (Wildman–Crippen LogP) is 0.950. The largest absolute Gasteiger partial charge is 0.387 e. The maximum absolute atomic E-state index is 12.8. The Labute approximate surface area is 81.8 Å². The van der Waals surface area contributed by atoms with Crippen LogP contribution in [0.3, 0.4) is 0 Å². The van der Waals surface area contributed by atoms with Crippen LogP contribution in [0.25, 0.3) is 0 Å². The quantitative estimate of drug-likeness (QED) is 0.753. The van der Waals surface area contributed by atoms with Crippen molar-refractivity contribution in [2.75, 3.05) is 13.6 Å². The first kappa shape index (κ1) is 10.6. The monoisotopic (exact) mass is 194 g/mol. The number of nitriles is 1. The summed E-state index contributed by atoms with van der Waals surface area (Å²) in [7, 11) is 1.68. The fraction of sp³-hybridized carbons (Fsp3) is 0.300. The molecule has 0 aliphatic rings. The molecule has 3 nitrogen and oxygen atoms in total. The minimum Gasteiger partial charge on any atom is -0.387 e. The Balaban J connectivity index is 3.05. The van der Waals surface area contributed by atoms with Crippen molar-refractivity contribution in [2.45, 2.75) is 6.10 Å². The molecule has 1 rings (SSSR count). The molecule has 0 aliphatic carbocycles. The summed E-state index contributed by atoms with van der Waals surface area (Å²) < 4.78 is 12.8. The van der Waals surface area contributed by atoms with Crippen molar-refractivity contribution in [1.82, 2.24) is 5.32 Å². The van der Waals surface area contributed by atoms with Crippen LogP contribution in [0.15, 0.2) is 18.2 Å². The first-order chi connectivity index (χ1) is 6.69. The second-order valence-corrected chi connectivity index (χ2v) is 2.92. The van der Waals surface area contributed by atoms with Crippen LogP contribution in [0, 0.1) is 17.1 Å². The molecule has 0 saturated heterocycles. The van der Waals surface area contributed by atoms with Gasteiger partial charge < -0.3 is 10.4 Å². The smallest absolute Gasteiger partial charge is 0.123 e. The molecule has 0 bridgehead atoms. The third-order valence-corrected chi connectivity index (χ3v) is 1.89. The van der Waals surface area contributed by atoms with Crippen molar-refractivity contribution < 1.29 is 9.50 Å². The van der Waals surface area contributed by atoms with Gasteiger partial charge in [-0.3, -0.25) is 0 Å². The molecule has 0 aliphatic heterocycles. The van der Waals surface area contributed by atoms with Crippen LogP contribution in [-0.2, 0) is 0 Å². The van der Waals surface area contributed by atoms with Gasteiger partial charge in [0.25, 0.3) is 0 Å². The van der Waals surface area contributed by atoms with Gasteiger partial charge in [-0.25, -0.2) is 4.39 Å². The Morgan fingerprint density at radius 2 is 2.36 bits per heavy atom. The summed E-state index contributed by atoms with van der Waals surface area (Å²) in [5.41, 5.74) is 0.621. The van der Waals surface area contributed by atoms with E-state index in [4.69, 9.17) is 5.26 Å². The standard InChI is InChI=1S/C10H11FN2O/c1-13-6-10(14)9-4-8(11)3-2-7(9)5-12/h2-4,10,13-14H,6H2,1H3. The highest BCUT2D eigenvalue weighted by Gasteiger charge is 2.12. The molecule has 0 radical (unpaired) electrons. The molecule has 1 unspecified atom stereocenters. The lowest BCUT2D eigenvalue weighted by atomic mass is 10.0. The van der Waals surface area contributed by atoms with Crippen LogP contribution in [0.2, 0.25) is 0 Å². The molecule has 1 aromatic rings. The Bertz CT molecular complexity index is 360. The SMILES string of the molecule is CNCC(O)c1cc(F)ccc1C#N. The van der Waals surface area contributed by atoms with E-state index in [0.717, 1.165) is 0 Å². The first-order valence-corrected chi connectivity index (χ1v) is 4.21. The Kier molecular flexibility index (Phi) is 3.57. The van der Waals surface area contributed by atoms with Gasteiger partial charge in [0, 0.05) is 12.1 Å². The highest BCUT2D eigenvalue weighted by Crippen LogP contribution is 2.18. The van der Waals surface area contributed by atoms with Crippen LogP contribution in [0.4, 0.5) is 4.39 Å². The molecule has 2 N–H and O–H groups in total. The van der Waals surface area contributed by atoms with Gasteiger partial charge in [0.2, 0.25) is 0 Å². The minimum atomic E-state index is -0.856. The molecule has 14 heavy (non-hydrogen) atoms. The molecule has 74 valence electrons. The topological polar surface area (TPSA) is 56.0 Å². The summed E-state index contributed by atoms with van der Waals surface area (Å²) in [6.45, 7) is 0.290. The molecule has 0 saturated carbocycles. The van der Waals surface area contributed by atoms with E-state index in [1.54, 1.807) is 7.05 Å². The van der Waals surface area contributed by atoms with Crippen molar-refractivity contribution in [3.8, 4) is 6.07 Å². The van der Waals surface area contributed by atoms with Gasteiger partial charge in [0.1, 0.15) is 5.82 Å². The number of benzene rings is 1. The maximum atomic E-state index is 12.8. The number of aliphatic hydroxyl groups is 1. The van der Waals surface area contributed by atoms with E-state index in [0.29, 0.717) is 11.1 Å². The lowest BCUT2D eigenvalue weighted by molar-refractivity contribution is 0.177. The summed E-state index contributed by atoms with van der Waals surface area (Å²) in [5, 5.41) is 21.1. The highest BCUT2D eigenvalue weighted by molar-refractivity contribution is 5.39. The average molecular weight is 194 g/mol. The van der Waals surface area contributed by atoms with E-state index in [-0.39, 0.29) is 6.54 Å². The summed E-state index contributed by atoms with van der Waals surface area (Å²) in [6.07, 6.45) is -0.856. The van der Waals surface area contributed by atoms with E-state index >= 15 is 0 Å². The number of aliphatic hydroxyl groups excluding tert-OH is 1. The van der Waals surface area contributed by atoms with Crippen LogP contribution < -0.4 is 5.32 Å². The molecular weight excluding hydrogens is 183 g/mol. The van der Waals surface area contributed by atoms with Crippen LogP contribution in [0.5, 0.6) is 0 Å². The Morgan fingerprint density at radius 1 is 1.64 bits per heavy atom. The molecule has 1 aromatic carbocycles. The Morgan fingerprint density at radius 3 is 2.93 bits per heavy atom. The summed E-state index contributed by atoms with van der Waals surface area (Å²) in [5.74, 6) is -0.450. The number of nitrogens with one attached hydrogen (secondary N) is 1. The van der Waals surface area contributed by atoms with Crippen LogP contribution in [0.1, 0.15) is 17.2 Å². The van der Waals surface area contributed by atoms with Crippen LogP contribution in [-0.4, -0.2) is 18.7 Å². The third-order valence-electron chi connectivity index (χ3n) is 1.89. The fourth-order valence-electron chi connectivity index (χ4n) is 1.21. The van der Waals surface area contributed by atoms with Gasteiger partial charge >= 0.3 is 0 Å². The second kappa shape index (κ2) is 4.70. The summed E-state index contributed by atoms with van der Waals surface area (Å²) in [6, 6.07) is 5.66. The molecule has 0 spiro atoms. The number of nitrogens with zero attached hydrogens (tertiary/aromatic N) is 1. The molecular formula is C10H11FN2O. The lowest BCUT2D eigenvalue weighted by Gasteiger charge is -2.11. The van der Waals surface area contributed by atoms with E-state index in [9.17, 15) is 9.50 Å². The zero-order valence-electron chi connectivity index (χ0n) is 7.79. The highest BCUT2D eigenvalue weighted by atomic mass is 19.1. The number of hydrogen-bond acceptors (Lipinski definition) is 3. The average Bonchev–Trinajstić information content (AvgIpc) is 2.18. The van der Waals surface area contributed by atoms with Gasteiger partial charge in [-0.15, -0.1) is 0 Å². The third kappa shape index (κ3) is 2.28. The molecule has 0 amide bonds. The van der Waals surface area contributed by atoms with Crippen molar-refractivity contribution in [1.29, 1.82) is 5.26 Å². The van der Waals surface area contributed by atoms with Crippen molar-refractivity contribution in [3.05, 3.63) is 35.1 Å². The second-order valence-electron chi connectivity index (χ2n) is 2.92.